The second-order valence-corrected chi connectivity index (χ2v) is 6.30. The summed E-state index contributed by atoms with van der Waals surface area (Å²) < 4.78 is 0. The molecule has 1 N–H and O–H groups in total. The predicted octanol–water partition coefficient (Wildman–Crippen LogP) is 3.26. The summed E-state index contributed by atoms with van der Waals surface area (Å²) in [5, 5.41) is 4.25. The maximum absolute atomic E-state index is 6.32. The van der Waals surface area contributed by atoms with Crippen LogP contribution in [0.5, 0.6) is 0 Å². The molecule has 21 heavy (non-hydrogen) atoms. The highest BCUT2D eigenvalue weighted by molar-refractivity contribution is 6.31. The Morgan fingerprint density at radius 2 is 1.90 bits per heavy atom. The van der Waals surface area contributed by atoms with Gasteiger partial charge < -0.3 is 10.2 Å². The third-order valence-electron chi connectivity index (χ3n) is 3.99. The maximum atomic E-state index is 6.32. The molecule has 0 spiro atoms. The fourth-order valence-corrected chi connectivity index (χ4v) is 3.11. The zero-order chi connectivity index (χ0) is 15.8. The van der Waals surface area contributed by atoms with Crippen LogP contribution in [0, 0.1) is 0 Å². The van der Waals surface area contributed by atoms with Gasteiger partial charge in [-0.3, -0.25) is 4.90 Å². The molecule has 0 fully saturated rings. The van der Waals surface area contributed by atoms with Gasteiger partial charge in [0, 0.05) is 30.2 Å². The summed E-state index contributed by atoms with van der Waals surface area (Å²) in [7, 11) is 6.27. The second-order valence-electron chi connectivity index (χ2n) is 5.89. The average molecular weight is 312 g/mol. The van der Waals surface area contributed by atoms with Crippen LogP contribution in [0.4, 0.5) is 0 Å². The first-order valence-corrected chi connectivity index (χ1v) is 8.17. The molecule has 1 aromatic rings. The first-order valence-electron chi connectivity index (χ1n) is 7.80. The van der Waals surface area contributed by atoms with E-state index in [0.717, 1.165) is 31.1 Å². The fourth-order valence-electron chi connectivity index (χ4n) is 2.84. The Morgan fingerprint density at radius 1 is 1.24 bits per heavy atom. The van der Waals surface area contributed by atoms with E-state index in [9.17, 15) is 0 Å². The van der Waals surface area contributed by atoms with Gasteiger partial charge in [-0.1, -0.05) is 36.7 Å². The van der Waals surface area contributed by atoms with Crippen molar-refractivity contribution in [3.8, 4) is 0 Å². The minimum atomic E-state index is 0.305. The van der Waals surface area contributed by atoms with Crippen LogP contribution in [0.2, 0.25) is 5.02 Å². The Morgan fingerprint density at radius 3 is 2.43 bits per heavy atom. The average Bonchev–Trinajstić information content (AvgIpc) is 2.44. The van der Waals surface area contributed by atoms with Crippen LogP contribution in [0.1, 0.15) is 31.9 Å². The summed E-state index contributed by atoms with van der Waals surface area (Å²) in [5.74, 6) is 0. The summed E-state index contributed by atoms with van der Waals surface area (Å²) in [4.78, 5) is 4.78. The highest BCUT2D eigenvalue weighted by atomic mass is 35.5. The molecular weight excluding hydrogens is 282 g/mol. The summed E-state index contributed by atoms with van der Waals surface area (Å²) >= 11 is 6.32. The lowest BCUT2D eigenvalue weighted by molar-refractivity contribution is 0.174. The van der Waals surface area contributed by atoms with E-state index in [1.54, 1.807) is 0 Å². The molecular formula is C17H30ClN3. The minimum Gasteiger partial charge on any atom is -0.313 e. The van der Waals surface area contributed by atoms with E-state index in [1.165, 1.54) is 5.56 Å². The molecule has 2 atom stereocenters. The second kappa shape index (κ2) is 9.42. The molecule has 1 rings (SSSR count). The molecule has 4 heteroatoms. The van der Waals surface area contributed by atoms with Crippen LogP contribution in [-0.4, -0.2) is 56.6 Å². The highest BCUT2D eigenvalue weighted by Gasteiger charge is 2.17. The monoisotopic (exact) mass is 311 g/mol. The van der Waals surface area contributed by atoms with Crippen molar-refractivity contribution in [1.29, 1.82) is 0 Å². The van der Waals surface area contributed by atoms with E-state index in [1.807, 2.05) is 19.2 Å². The summed E-state index contributed by atoms with van der Waals surface area (Å²) in [6, 6.07) is 8.98. The van der Waals surface area contributed by atoms with E-state index in [0.29, 0.717) is 12.1 Å². The van der Waals surface area contributed by atoms with E-state index < -0.39 is 0 Å². The highest BCUT2D eigenvalue weighted by Crippen LogP contribution is 2.25. The van der Waals surface area contributed by atoms with Crippen LogP contribution in [0.25, 0.3) is 0 Å². The van der Waals surface area contributed by atoms with E-state index in [-0.39, 0.29) is 0 Å². The molecule has 0 bridgehead atoms. The lowest BCUT2D eigenvalue weighted by Gasteiger charge is -2.31. The predicted molar refractivity (Wildman–Crippen MR) is 93.1 cm³/mol. The van der Waals surface area contributed by atoms with Gasteiger partial charge in [0.1, 0.15) is 0 Å². The Kier molecular flexibility index (Phi) is 8.27. The Hall–Kier alpha value is -0.610. The first-order chi connectivity index (χ1) is 9.99. The van der Waals surface area contributed by atoms with Crippen molar-refractivity contribution >= 4 is 11.6 Å². The molecule has 0 aliphatic carbocycles. The van der Waals surface area contributed by atoms with Crippen LogP contribution in [-0.2, 0) is 0 Å². The van der Waals surface area contributed by atoms with Gasteiger partial charge in [0.2, 0.25) is 0 Å². The quantitative estimate of drug-likeness (QED) is 0.755. The summed E-state index contributed by atoms with van der Waals surface area (Å²) in [6.07, 6.45) is 1.06. The van der Waals surface area contributed by atoms with Gasteiger partial charge in [-0.05, 0) is 52.7 Å². The van der Waals surface area contributed by atoms with Crippen molar-refractivity contribution in [2.45, 2.75) is 32.4 Å². The van der Waals surface area contributed by atoms with Crippen LogP contribution in [0.15, 0.2) is 24.3 Å². The standard InChI is InChI=1S/C17H30ClN3/c1-6-21(14(2)13-20(4)5)12-11-17(19-3)15-9-7-8-10-16(15)18/h7-10,14,17,19H,6,11-13H2,1-5H3. The molecule has 0 saturated carbocycles. The van der Waals surface area contributed by atoms with Crippen molar-refractivity contribution < 1.29 is 0 Å². The molecule has 3 nitrogen and oxygen atoms in total. The number of hydrogen-bond acceptors (Lipinski definition) is 3. The molecule has 0 saturated heterocycles. The fraction of sp³-hybridized carbons (Fsp3) is 0.647. The molecule has 0 heterocycles. The van der Waals surface area contributed by atoms with Crippen molar-refractivity contribution in [3.63, 3.8) is 0 Å². The van der Waals surface area contributed by atoms with Crippen LogP contribution in [0.3, 0.4) is 0 Å². The number of likely N-dealkylation sites (N-methyl/N-ethyl adjacent to an activating group) is 2. The van der Waals surface area contributed by atoms with Crippen molar-refractivity contribution in [1.82, 2.24) is 15.1 Å². The lowest BCUT2D eigenvalue weighted by atomic mass is 10.0. The van der Waals surface area contributed by atoms with Crippen molar-refractivity contribution in [3.05, 3.63) is 34.9 Å². The Balaban J connectivity index is 2.63. The van der Waals surface area contributed by atoms with Crippen LogP contribution < -0.4 is 5.32 Å². The topological polar surface area (TPSA) is 18.5 Å². The first kappa shape index (κ1) is 18.4. The van der Waals surface area contributed by atoms with E-state index >= 15 is 0 Å². The van der Waals surface area contributed by atoms with Gasteiger partial charge in [0.05, 0.1) is 0 Å². The number of rotatable bonds is 9. The van der Waals surface area contributed by atoms with Crippen LogP contribution >= 0.6 is 11.6 Å². The third kappa shape index (κ3) is 5.95. The van der Waals surface area contributed by atoms with Gasteiger partial charge in [0.25, 0.3) is 0 Å². The number of hydrogen-bond donors (Lipinski definition) is 1. The van der Waals surface area contributed by atoms with E-state index in [4.69, 9.17) is 11.6 Å². The normalized spacial score (nSPS) is 14.7. The smallest absolute Gasteiger partial charge is 0.0453 e. The minimum absolute atomic E-state index is 0.305. The van der Waals surface area contributed by atoms with Gasteiger partial charge in [-0.25, -0.2) is 0 Å². The van der Waals surface area contributed by atoms with Crippen molar-refractivity contribution in [2.24, 2.45) is 0 Å². The molecule has 0 aliphatic heterocycles. The SMILES string of the molecule is CCN(CCC(NC)c1ccccc1Cl)C(C)CN(C)C. The third-order valence-corrected chi connectivity index (χ3v) is 4.34. The van der Waals surface area contributed by atoms with Crippen molar-refractivity contribution in [2.75, 3.05) is 40.8 Å². The zero-order valence-electron chi connectivity index (χ0n) is 14.1. The summed E-state index contributed by atoms with van der Waals surface area (Å²) in [5.41, 5.74) is 1.19. The molecule has 0 aliphatic rings. The molecule has 2 unspecified atom stereocenters. The molecule has 0 amide bonds. The zero-order valence-corrected chi connectivity index (χ0v) is 14.8. The van der Waals surface area contributed by atoms with Gasteiger partial charge >= 0.3 is 0 Å². The maximum Gasteiger partial charge on any atom is 0.0453 e. The van der Waals surface area contributed by atoms with Gasteiger partial charge in [-0.2, -0.15) is 0 Å². The molecule has 120 valence electrons. The number of nitrogens with zero attached hydrogens (tertiary/aromatic N) is 2. The molecule has 0 radical (unpaired) electrons. The Labute approximate surface area is 135 Å². The molecule has 0 aromatic heterocycles. The summed E-state index contributed by atoms with van der Waals surface area (Å²) in [6.45, 7) is 7.77. The number of benzene rings is 1. The largest absolute Gasteiger partial charge is 0.313 e. The molecule has 1 aromatic carbocycles. The Bertz CT molecular complexity index is 409. The van der Waals surface area contributed by atoms with E-state index in [2.05, 4.69) is 55.2 Å². The van der Waals surface area contributed by atoms with Gasteiger partial charge in [0.15, 0.2) is 0 Å². The number of halogens is 1. The lowest BCUT2D eigenvalue weighted by Crippen LogP contribution is -2.41. The number of nitrogens with one attached hydrogen (secondary N) is 1. The van der Waals surface area contributed by atoms with Gasteiger partial charge in [-0.15, -0.1) is 0 Å².